The summed E-state index contributed by atoms with van der Waals surface area (Å²) in [6, 6.07) is 18.2. The lowest BCUT2D eigenvalue weighted by Gasteiger charge is -2.17. The van der Waals surface area contributed by atoms with Crippen molar-refractivity contribution in [3.63, 3.8) is 0 Å². The summed E-state index contributed by atoms with van der Waals surface area (Å²) < 4.78 is 6.71. The number of allylic oxidation sites excluding steroid dienone is 2. The van der Waals surface area contributed by atoms with Gasteiger partial charge in [0.1, 0.15) is 0 Å². The first-order chi connectivity index (χ1) is 12.1. The molecule has 0 aromatic heterocycles. The molecule has 0 amide bonds. The van der Waals surface area contributed by atoms with Crippen LogP contribution in [0.2, 0.25) is 0 Å². The fraction of sp³-hybridized carbons (Fsp3) is 0.273. The maximum absolute atomic E-state index is 10.4. The molecule has 0 bridgehead atoms. The highest BCUT2D eigenvalue weighted by Gasteiger charge is 2.12. The number of benzene rings is 2. The Kier molecular flexibility index (Phi) is 8.13. The molecule has 0 aliphatic carbocycles. The van der Waals surface area contributed by atoms with Crippen molar-refractivity contribution in [3.05, 3.63) is 94.5 Å². The van der Waals surface area contributed by atoms with E-state index in [1.165, 1.54) is 5.56 Å². The second-order valence-corrected chi connectivity index (χ2v) is 7.03. The van der Waals surface area contributed by atoms with Crippen molar-refractivity contribution >= 4 is 15.9 Å². The van der Waals surface area contributed by atoms with Gasteiger partial charge in [0.05, 0.1) is 19.3 Å². The van der Waals surface area contributed by atoms with E-state index in [0.29, 0.717) is 13.2 Å². The summed E-state index contributed by atoms with van der Waals surface area (Å²) in [5, 5.41) is 10.4. The van der Waals surface area contributed by atoms with Crippen LogP contribution in [0.15, 0.2) is 83.4 Å². The van der Waals surface area contributed by atoms with E-state index >= 15 is 0 Å². The van der Waals surface area contributed by atoms with Crippen molar-refractivity contribution in [2.45, 2.75) is 32.0 Å². The van der Waals surface area contributed by atoms with Crippen LogP contribution in [0.1, 0.15) is 30.4 Å². The molecule has 0 spiro atoms. The summed E-state index contributed by atoms with van der Waals surface area (Å²) in [6.07, 6.45) is 4.25. The Morgan fingerprint density at radius 1 is 1.16 bits per heavy atom. The number of ether oxygens (including phenoxy) is 1. The van der Waals surface area contributed by atoms with Crippen molar-refractivity contribution in [2.75, 3.05) is 6.61 Å². The zero-order valence-corrected chi connectivity index (χ0v) is 16.2. The smallest absolute Gasteiger partial charge is 0.0981 e. The molecule has 0 saturated carbocycles. The largest absolute Gasteiger partial charge is 0.386 e. The number of hydrogen-bond donors (Lipinski definition) is 1. The van der Waals surface area contributed by atoms with Crippen molar-refractivity contribution in [2.24, 2.45) is 0 Å². The van der Waals surface area contributed by atoms with Gasteiger partial charge in [-0.05, 0) is 42.2 Å². The first-order valence-corrected chi connectivity index (χ1v) is 9.24. The van der Waals surface area contributed by atoms with Gasteiger partial charge in [0.15, 0.2) is 0 Å². The zero-order chi connectivity index (χ0) is 18.1. The summed E-state index contributed by atoms with van der Waals surface area (Å²) >= 11 is 3.46. The molecule has 0 radical (unpaired) electrons. The first-order valence-electron chi connectivity index (χ1n) is 8.44. The van der Waals surface area contributed by atoms with Gasteiger partial charge in [0.25, 0.3) is 0 Å². The maximum Gasteiger partial charge on any atom is 0.0981 e. The van der Waals surface area contributed by atoms with Crippen LogP contribution in [0.5, 0.6) is 0 Å². The topological polar surface area (TPSA) is 29.5 Å². The number of rotatable bonds is 9. The third kappa shape index (κ3) is 6.62. The molecule has 3 heteroatoms. The van der Waals surface area contributed by atoms with Crippen LogP contribution in [-0.2, 0) is 11.3 Å². The zero-order valence-electron chi connectivity index (χ0n) is 14.6. The molecule has 2 aromatic carbocycles. The molecule has 2 atom stereocenters. The molecule has 0 saturated heterocycles. The fourth-order valence-electron chi connectivity index (χ4n) is 2.61. The lowest BCUT2D eigenvalue weighted by atomic mass is 9.92. The van der Waals surface area contributed by atoms with Gasteiger partial charge >= 0.3 is 0 Å². The average Bonchev–Trinajstić information content (AvgIpc) is 2.62. The standard InChI is InChI=1S/C22H25BrO2/c1-3-7-20(19-10-12-21(23)13-11-19)14-17(2)22(24)16-25-15-18-8-5-4-6-9-18/h3-6,8-14,20,22,24H,1,7,15-16H2,2H3/b17-14-. The third-order valence-corrected chi connectivity index (χ3v) is 4.62. The van der Waals surface area contributed by atoms with Gasteiger partial charge < -0.3 is 9.84 Å². The Labute approximate surface area is 159 Å². The summed E-state index contributed by atoms with van der Waals surface area (Å²) in [7, 11) is 0. The summed E-state index contributed by atoms with van der Waals surface area (Å²) in [5.41, 5.74) is 3.23. The van der Waals surface area contributed by atoms with E-state index in [-0.39, 0.29) is 5.92 Å². The SMILES string of the molecule is C=CCC(/C=C(/C)C(O)COCc1ccccc1)c1ccc(Br)cc1. The van der Waals surface area contributed by atoms with Gasteiger partial charge in [-0.25, -0.2) is 0 Å². The summed E-state index contributed by atoms with van der Waals surface area (Å²) in [4.78, 5) is 0. The number of aliphatic hydroxyl groups excluding tert-OH is 1. The molecule has 0 fully saturated rings. The minimum absolute atomic E-state index is 0.203. The van der Waals surface area contributed by atoms with Gasteiger partial charge in [0.2, 0.25) is 0 Å². The molecular weight excluding hydrogens is 376 g/mol. The van der Waals surface area contributed by atoms with Crippen LogP contribution >= 0.6 is 15.9 Å². The fourth-order valence-corrected chi connectivity index (χ4v) is 2.88. The van der Waals surface area contributed by atoms with Crippen LogP contribution in [-0.4, -0.2) is 17.8 Å². The van der Waals surface area contributed by atoms with Gasteiger partial charge in [0, 0.05) is 10.4 Å². The molecule has 0 aliphatic heterocycles. The highest BCUT2D eigenvalue weighted by atomic mass is 79.9. The molecule has 0 aliphatic rings. The summed E-state index contributed by atoms with van der Waals surface area (Å²) in [6.45, 7) is 6.60. The number of aliphatic hydroxyl groups is 1. The lowest BCUT2D eigenvalue weighted by Crippen LogP contribution is -2.17. The van der Waals surface area contributed by atoms with Crippen LogP contribution in [0.4, 0.5) is 0 Å². The van der Waals surface area contributed by atoms with Crippen LogP contribution in [0, 0.1) is 0 Å². The lowest BCUT2D eigenvalue weighted by molar-refractivity contribution is 0.0451. The quantitative estimate of drug-likeness (QED) is 0.552. The Bertz CT molecular complexity index is 677. The van der Waals surface area contributed by atoms with Gasteiger partial charge in [-0.2, -0.15) is 0 Å². The molecule has 2 nitrogen and oxygen atoms in total. The van der Waals surface area contributed by atoms with E-state index in [1.807, 2.05) is 55.5 Å². The van der Waals surface area contributed by atoms with E-state index < -0.39 is 6.10 Å². The average molecular weight is 401 g/mol. The van der Waals surface area contributed by atoms with Crippen molar-refractivity contribution in [1.29, 1.82) is 0 Å². The Hall–Kier alpha value is -1.68. The molecule has 2 rings (SSSR count). The van der Waals surface area contributed by atoms with Crippen molar-refractivity contribution < 1.29 is 9.84 Å². The van der Waals surface area contributed by atoms with E-state index in [2.05, 4.69) is 40.7 Å². The maximum atomic E-state index is 10.4. The molecule has 2 aromatic rings. The normalized spacial score (nSPS) is 14.1. The molecule has 132 valence electrons. The molecule has 25 heavy (non-hydrogen) atoms. The summed E-state index contributed by atoms with van der Waals surface area (Å²) in [5.74, 6) is 0.203. The predicted molar refractivity (Wildman–Crippen MR) is 108 cm³/mol. The second-order valence-electron chi connectivity index (χ2n) is 6.11. The van der Waals surface area contributed by atoms with Gasteiger partial charge in [-0.1, -0.05) is 70.5 Å². The Balaban J connectivity index is 1.95. The number of hydrogen-bond acceptors (Lipinski definition) is 2. The first kappa shape index (κ1) is 19.6. The monoisotopic (exact) mass is 400 g/mol. The van der Waals surface area contributed by atoms with E-state index in [0.717, 1.165) is 22.0 Å². The molecular formula is C22H25BrO2. The van der Waals surface area contributed by atoms with Gasteiger partial charge in [-0.15, -0.1) is 6.58 Å². The highest BCUT2D eigenvalue weighted by Crippen LogP contribution is 2.25. The Morgan fingerprint density at radius 2 is 1.84 bits per heavy atom. The predicted octanol–water partition coefficient (Wildman–Crippen LogP) is 5.63. The molecule has 0 heterocycles. The third-order valence-electron chi connectivity index (χ3n) is 4.10. The van der Waals surface area contributed by atoms with Crippen molar-refractivity contribution in [1.82, 2.24) is 0 Å². The minimum Gasteiger partial charge on any atom is -0.386 e. The molecule has 2 unspecified atom stereocenters. The second kappa shape index (κ2) is 10.3. The minimum atomic E-state index is -0.605. The van der Waals surface area contributed by atoms with Crippen molar-refractivity contribution in [3.8, 4) is 0 Å². The molecule has 1 N–H and O–H groups in total. The number of halogens is 1. The van der Waals surface area contributed by atoms with Crippen LogP contribution in [0.25, 0.3) is 0 Å². The van der Waals surface area contributed by atoms with E-state index in [4.69, 9.17) is 4.74 Å². The van der Waals surface area contributed by atoms with Gasteiger partial charge in [-0.3, -0.25) is 0 Å². The highest BCUT2D eigenvalue weighted by molar-refractivity contribution is 9.10. The van der Waals surface area contributed by atoms with E-state index in [1.54, 1.807) is 0 Å². The van der Waals surface area contributed by atoms with E-state index in [9.17, 15) is 5.11 Å². The Morgan fingerprint density at radius 3 is 2.48 bits per heavy atom. The van der Waals surface area contributed by atoms with Crippen LogP contribution < -0.4 is 0 Å². The van der Waals surface area contributed by atoms with Crippen LogP contribution in [0.3, 0.4) is 0 Å².